The van der Waals surface area contributed by atoms with Gasteiger partial charge in [-0.1, -0.05) is 29.8 Å². The smallest absolute Gasteiger partial charge is 0.295 e. The topological polar surface area (TPSA) is 85.3 Å². The van der Waals surface area contributed by atoms with Crippen LogP contribution < -0.4 is 14.2 Å². The predicted molar refractivity (Wildman–Crippen MR) is 130 cm³/mol. The van der Waals surface area contributed by atoms with Gasteiger partial charge < -0.3 is 24.2 Å². The van der Waals surface area contributed by atoms with Crippen molar-refractivity contribution in [2.75, 3.05) is 21.3 Å². The summed E-state index contributed by atoms with van der Waals surface area (Å²) in [5.74, 6) is -0.611. The summed E-state index contributed by atoms with van der Waals surface area (Å²) in [6.07, 6.45) is 0. The number of halogens is 1. The van der Waals surface area contributed by atoms with Gasteiger partial charge in [-0.05, 0) is 35.2 Å². The second kappa shape index (κ2) is 9.79. The number of carbonyl (C=O) groups is 2. The number of hydrogen-bond acceptors (Lipinski definition) is 7. The van der Waals surface area contributed by atoms with Crippen molar-refractivity contribution in [2.45, 2.75) is 12.6 Å². The van der Waals surface area contributed by atoms with Gasteiger partial charge in [0.2, 0.25) is 0 Å². The number of aliphatic hydroxyl groups excluding tert-OH is 1. The molecule has 3 aromatic rings. The van der Waals surface area contributed by atoms with Crippen molar-refractivity contribution < 1.29 is 28.9 Å². The van der Waals surface area contributed by atoms with Crippen molar-refractivity contribution in [3.63, 3.8) is 0 Å². The van der Waals surface area contributed by atoms with Gasteiger partial charge in [-0.25, -0.2) is 0 Å². The fourth-order valence-corrected chi connectivity index (χ4v) is 4.98. The molecule has 0 radical (unpaired) electrons. The van der Waals surface area contributed by atoms with Gasteiger partial charge in [0.05, 0.1) is 43.5 Å². The molecule has 2 aromatic carbocycles. The number of carbonyl (C=O) groups excluding carboxylic acids is 2. The largest absolute Gasteiger partial charge is 0.507 e. The number of Topliss-reactive ketones (excluding diaryl/α,β-unsaturated/α-hetero) is 1. The zero-order chi connectivity index (χ0) is 24.4. The lowest BCUT2D eigenvalue weighted by Gasteiger charge is -2.24. The molecule has 1 atom stereocenters. The van der Waals surface area contributed by atoms with Crippen LogP contribution in [0.2, 0.25) is 5.02 Å². The molecule has 1 aromatic heterocycles. The van der Waals surface area contributed by atoms with Gasteiger partial charge >= 0.3 is 0 Å². The summed E-state index contributed by atoms with van der Waals surface area (Å²) < 4.78 is 15.9. The number of likely N-dealkylation sites (tertiary alicyclic amines) is 1. The number of thiophene rings is 1. The minimum Gasteiger partial charge on any atom is -0.507 e. The molecule has 0 saturated carbocycles. The van der Waals surface area contributed by atoms with E-state index in [1.807, 2.05) is 29.6 Å². The molecule has 0 aliphatic carbocycles. The van der Waals surface area contributed by atoms with Crippen LogP contribution in [0.25, 0.3) is 5.76 Å². The van der Waals surface area contributed by atoms with Crippen LogP contribution in [0.1, 0.15) is 22.0 Å². The van der Waals surface area contributed by atoms with Crippen molar-refractivity contribution in [3.05, 3.63) is 80.5 Å². The second-order valence-corrected chi connectivity index (χ2v) is 8.86. The van der Waals surface area contributed by atoms with Gasteiger partial charge in [-0.2, -0.15) is 0 Å². The highest BCUT2D eigenvalue weighted by atomic mass is 35.5. The summed E-state index contributed by atoms with van der Waals surface area (Å²) in [6, 6.07) is 13.1. The Kier molecular flexibility index (Phi) is 6.81. The molecule has 0 spiro atoms. The number of ether oxygens (including phenoxy) is 3. The number of nitrogens with zero attached hydrogens (tertiary/aromatic N) is 1. The van der Waals surface area contributed by atoms with Gasteiger partial charge in [0, 0.05) is 17.5 Å². The Balaban J connectivity index is 1.85. The molecule has 1 aliphatic heterocycles. The number of rotatable bonds is 7. The molecule has 1 unspecified atom stereocenters. The van der Waals surface area contributed by atoms with E-state index in [9.17, 15) is 14.7 Å². The summed E-state index contributed by atoms with van der Waals surface area (Å²) in [4.78, 5) is 28.6. The van der Waals surface area contributed by atoms with Gasteiger partial charge in [0.25, 0.3) is 11.7 Å². The molecule has 1 N–H and O–H groups in total. The highest BCUT2D eigenvalue weighted by molar-refractivity contribution is 7.10. The minimum absolute atomic E-state index is 0.0244. The Morgan fingerprint density at radius 1 is 1.03 bits per heavy atom. The fraction of sp³-hybridized carbons (Fsp3) is 0.200. The maximum atomic E-state index is 13.2. The summed E-state index contributed by atoms with van der Waals surface area (Å²) >= 11 is 7.59. The van der Waals surface area contributed by atoms with E-state index in [1.54, 1.807) is 19.2 Å². The molecule has 2 heterocycles. The maximum absolute atomic E-state index is 13.2. The molecule has 176 valence electrons. The van der Waals surface area contributed by atoms with Crippen molar-refractivity contribution in [2.24, 2.45) is 0 Å². The third kappa shape index (κ3) is 4.22. The number of hydrogen-bond donors (Lipinski definition) is 1. The van der Waals surface area contributed by atoms with E-state index < -0.39 is 17.7 Å². The van der Waals surface area contributed by atoms with Crippen LogP contribution in [0.5, 0.6) is 17.2 Å². The molecule has 7 nitrogen and oxygen atoms in total. The number of amides is 1. The van der Waals surface area contributed by atoms with Crippen LogP contribution in [0.15, 0.2) is 59.5 Å². The van der Waals surface area contributed by atoms with Crippen molar-refractivity contribution >= 4 is 40.4 Å². The summed E-state index contributed by atoms with van der Waals surface area (Å²) in [6.45, 7) is 0.176. The van der Waals surface area contributed by atoms with Crippen molar-refractivity contribution in [3.8, 4) is 17.2 Å². The third-order valence-corrected chi connectivity index (χ3v) is 6.81. The van der Waals surface area contributed by atoms with Crippen molar-refractivity contribution in [1.29, 1.82) is 0 Å². The van der Waals surface area contributed by atoms with Crippen LogP contribution in [0, 0.1) is 0 Å². The Morgan fingerprint density at radius 2 is 1.74 bits per heavy atom. The lowest BCUT2D eigenvalue weighted by molar-refractivity contribution is -0.140. The van der Waals surface area contributed by atoms with E-state index in [2.05, 4.69) is 0 Å². The lowest BCUT2D eigenvalue weighted by atomic mass is 9.99. The Bertz CT molecular complexity index is 1250. The van der Waals surface area contributed by atoms with Crippen LogP contribution in [0.4, 0.5) is 0 Å². The molecule has 34 heavy (non-hydrogen) atoms. The fourth-order valence-electron chi connectivity index (χ4n) is 3.90. The first kappa shape index (κ1) is 23.7. The molecule has 9 heteroatoms. The van der Waals surface area contributed by atoms with Crippen LogP contribution in [-0.2, 0) is 16.1 Å². The van der Waals surface area contributed by atoms with Gasteiger partial charge in [-0.3, -0.25) is 9.59 Å². The molecular weight excluding hydrogens is 478 g/mol. The molecule has 1 amide bonds. The molecule has 1 fully saturated rings. The van der Waals surface area contributed by atoms with Crippen LogP contribution >= 0.6 is 22.9 Å². The predicted octanol–water partition coefficient (Wildman–Crippen LogP) is 5.05. The maximum Gasteiger partial charge on any atom is 0.295 e. The zero-order valence-corrected chi connectivity index (χ0v) is 20.3. The van der Waals surface area contributed by atoms with Gasteiger partial charge in [-0.15, -0.1) is 11.3 Å². The third-order valence-electron chi connectivity index (χ3n) is 5.59. The van der Waals surface area contributed by atoms with Crippen molar-refractivity contribution in [1.82, 2.24) is 4.90 Å². The average molecular weight is 500 g/mol. The summed E-state index contributed by atoms with van der Waals surface area (Å²) in [5, 5.41) is 13.5. The highest BCUT2D eigenvalue weighted by Gasteiger charge is 2.46. The van der Waals surface area contributed by atoms with E-state index in [4.69, 9.17) is 25.8 Å². The van der Waals surface area contributed by atoms with Gasteiger partial charge in [0.15, 0.2) is 0 Å². The summed E-state index contributed by atoms with van der Waals surface area (Å²) in [7, 11) is 4.44. The molecule has 4 rings (SSSR count). The van der Waals surface area contributed by atoms with E-state index >= 15 is 0 Å². The average Bonchev–Trinajstić information content (AvgIpc) is 3.46. The lowest BCUT2D eigenvalue weighted by Crippen LogP contribution is -2.28. The van der Waals surface area contributed by atoms with Crippen LogP contribution in [0.3, 0.4) is 0 Å². The first-order valence-corrected chi connectivity index (χ1v) is 11.5. The first-order chi connectivity index (χ1) is 16.4. The second-order valence-electron chi connectivity index (χ2n) is 7.48. The normalized spacial score (nSPS) is 17.2. The number of benzene rings is 2. The van der Waals surface area contributed by atoms with E-state index in [1.165, 1.54) is 42.6 Å². The number of ketones is 1. The monoisotopic (exact) mass is 499 g/mol. The molecular formula is C25H22ClNO6S. The quantitative estimate of drug-likeness (QED) is 0.278. The SMILES string of the molecule is COc1ccc(CN2C(=O)C(=O)/C(=C(/O)c3cc(OC)c(Cl)cc3OC)C2c2cccs2)cc1. The van der Waals surface area contributed by atoms with E-state index in [0.717, 1.165) is 10.4 Å². The van der Waals surface area contributed by atoms with Crippen LogP contribution in [-0.4, -0.2) is 43.0 Å². The standard InChI is InChI=1S/C25H22ClNO6S/c1-31-15-8-6-14(7-9-15)13-27-22(20-5-4-10-34-20)21(24(29)25(27)30)23(28)16-11-19(33-3)17(26)12-18(16)32-2/h4-12,22,28H,13H2,1-3H3/b23-21+. The summed E-state index contributed by atoms with van der Waals surface area (Å²) in [5.41, 5.74) is 0.992. The Morgan fingerprint density at radius 3 is 2.32 bits per heavy atom. The molecule has 1 saturated heterocycles. The highest BCUT2D eigenvalue weighted by Crippen LogP contribution is 2.44. The van der Waals surface area contributed by atoms with Gasteiger partial charge in [0.1, 0.15) is 23.0 Å². The van der Waals surface area contributed by atoms with E-state index in [0.29, 0.717) is 11.5 Å². The first-order valence-electron chi connectivity index (χ1n) is 10.3. The Hall–Kier alpha value is -3.49. The number of aliphatic hydroxyl groups is 1. The zero-order valence-electron chi connectivity index (χ0n) is 18.7. The Labute approximate surface area is 205 Å². The van der Waals surface area contributed by atoms with E-state index in [-0.39, 0.29) is 34.2 Å². The number of methoxy groups -OCH3 is 3. The molecule has 0 bridgehead atoms. The minimum atomic E-state index is -0.777. The molecule has 1 aliphatic rings.